The topological polar surface area (TPSA) is 15.3 Å². The molecule has 1 N–H and O–H groups in total. The molecule has 2 atom stereocenters. The molecule has 94 valence electrons. The molecule has 2 rings (SSSR count). The van der Waals surface area contributed by atoms with E-state index in [-0.39, 0.29) is 0 Å². The molecular weight excluding hydrogens is 196 g/mol. The summed E-state index contributed by atoms with van der Waals surface area (Å²) in [6.45, 7) is 9.79. The summed E-state index contributed by atoms with van der Waals surface area (Å²) < 4.78 is 0. The van der Waals surface area contributed by atoms with Gasteiger partial charge in [-0.2, -0.15) is 0 Å². The maximum absolute atomic E-state index is 3.68. The molecule has 1 aliphatic carbocycles. The summed E-state index contributed by atoms with van der Waals surface area (Å²) in [5.41, 5.74) is 0. The molecule has 0 spiro atoms. The molecule has 0 aromatic rings. The van der Waals surface area contributed by atoms with Gasteiger partial charge < -0.3 is 10.2 Å². The highest BCUT2D eigenvalue weighted by molar-refractivity contribution is 4.81. The van der Waals surface area contributed by atoms with Crippen molar-refractivity contribution in [2.24, 2.45) is 11.8 Å². The molecule has 2 heteroatoms. The van der Waals surface area contributed by atoms with Crippen molar-refractivity contribution in [2.45, 2.75) is 52.0 Å². The number of nitrogens with one attached hydrogen (secondary N) is 1. The summed E-state index contributed by atoms with van der Waals surface area (Å²) in [6, 6.07) is 0.753. The molecule has 1 saturated heterocycles. The van der Waals surface area contributed by atoms with E-state index in [9.17, 15) is 0 Å². The van der Waals surface area contributed by atoms with Gasteiger partial charge in [0.05, 0.1) is 0 Å². The van der Waals surface area contributed by atoms with Gasteiger partial charge in [-0.05, 0) is 50.6 Å². The van der Waals surface area contributed by atoms with E-state index < -0.39 is 0 Å². The molecular formula is C14H28N2. The van der Waals surface area contributed by atoms with Crippen molar-refractivity contribution in [3.63, 3.8) is 0 Å². The van der Waals surface area contributed by atoms with Crippen LogP contribution < -0.4 is 5.32 Å². The lowest BCUT2D eigenvalue weighted by molar-refractivity contribution is 0.156. The van der Waals surface area contributed by atoms with E-state index in [1.165, 1.54) is 58.3 Å². The van der Waals surface area contributed by atoms with Gasteiger partial charge in [0.15, 0.2) is 0 Å². The summed E-state index contributed by atoms with van der Waals surface area (Å²) in [7, 11) is 0. The third-order valence-electron chi connectivity index (χ3n) is 4.42. The second-order valence-corrected chi connectivity index (χ2v) is 5.93. The summed E-state index contributed by atoms with van der Waals surface area (Å²) in [5.74, 6) is 1.94. The molecule has 2 fully saturated rings. The van der Waals surface area contributed by atoms with Gasteiger partial charge in [0.2, 0.25) is 0 Å². The summed E-state index contributed by atoms with van der Waals surface area (Å²) in [5, 5.41) is 3.68. The molecule has 1 saturated carbocycles. The minimum absolute atomic E-state index is 0.753. The van der Waals surface area contributed by atoms with Crippen molar-refractivity contribution >= 4 is 0 Å². The average Bonchev–Trinajstić information content (AvgIpc) is 2.21. The van der Waals surface area contributed by atoms with Crippen LogP contribution in [-0.2, 0) is 0 Å². The number of likely N-dealkylation sites (N-methyl/N-ethyl adjacent to an activating group) is 1. The number of hydrogen-bond acceptors (Lipinski definition) is 2. The van der Waals surface area contributed by atoms with E-state index in [1.807, 2.05) is 0 Å². The molecule has 0 aromatic carbocycles. The van der Waals surface area contributed by atoms with Crippen LogP contribution in [0.4, 0.5) is 0 Å². The van der Waals surface area contributed by atoms with Crippen LogP contribution in [0.3, 0.4) is 0 Å². The van der Waals surface area contributed by atoms with Gasteiger partial charge in [-0.1, -0.05) is 20.3 Å². The molecule has 1 heterocycles. The van der Waals surface area contributed by atoms with Crippen LogP contribution in [0.15, 0.2) is 0 Å². The molecule has 0 bridgehead atoms. The lowest BCUT2D eigenvalue weighted by Gasteiger charge is -2.36. The molecule has 2 nitrogen and oxygen atoms in total. The number of nitrogens with zero attached hydrogens (tertiary/aromatic N) is 1. The Morgan fingerprint density at radius 2 is 2.00 bits per heavy atom. The van der Waals surface area contributed by atoms with Crippen LogP contribution in [0, 0.1) is 11.8 Å². The van der Waals surface area contributed by atoms with Crippen LogP contribution in [-0.4, -0.2) is 37.1 Å². The maximum Gasteiger partial charge on any atom is 0.0197 e. The van der Waals surface area contributed by atoms with E-state index in [0.29, 0.717) is 0 Å². The average molecular weight is 224 g/mol. The smallest absolute Gasteiger partial charge is 0.0197 e. The zero-order chi connectivity index (χ0) is 11.4. The standard InChI is InChI=1S/C14H28N2/c1-3-16(10-13-5-4-6-13)11-14-9-12(2)7-8-15-14/h12-15H,3-11H2,1-2H3. The fourth-order valence-electron chi connectivity index (χ4n) is 3.04. The first-order valence-electron chi connectivity index (χ1n) is 7.23. The highest BCUT2D eigenvalue weighted by Gasteiger charge is 2.23. The maximum atomic E-state index is 3.68. The van der Waals surface area contributed by atoms with E-state index in [0.717, 1.165) is 17.9 Å². The number of hydrogen-bond donors (Lipinski definition) is 1. The molecule has 16 heavy (non-hydrogen) atoms. The third kappa shape index (κ3) is 3.46. The molecule has 2 aliphatic rings. The van der Waals surface area contributed by atoms with Crippen LogP contribution in [0.2, 0.25) is 0 Å². The number of rotatable bonds is 5. The van der Waals surface area contributed by atoms with Crippen molar-refractivity contribution in [3.05, 3.63) is 0 Å². The van der Waals surface area contributed by atoms with E-state index in [4.69, 9.17) is 0 Å². The van der Waals surface area contributed by atoms with Gasteiger partial charge in [0, 0.05) is 19.1 Å². The van der Waals surface area contributed by atoms with E-state index >= 15 is 0 Å². The van der Waals surface area contributed by atoms with Crippen LogP contribution in [0.1, 0.15) is 46.0 Å². The van der Waals surface area contributed by atoms with Crippen molar-refractivity contribution < 1.29 is 0 Å². The Morgan fingerprint density at radius 3 is 2.56 bits per heavy atom. The van der Waals surface area contributed by atoms with Gasteiger partial charge >= 0.3 is 0 Å². The molecule has 0 radical (unpaired) electrons. The van der Waals surface area contributed by atoms with Crippen LogP contribution >= 0.6 is 0 Å². The van der Waals surface area contributed by atoms with E-state index in [2.05, 4.69) is 24.1 Å². The predicted molar refractivity (Wildman–Crippen MR) is 69.6 cm³/mol. The van der Waals surface area contributed by atoms with Gasteiger partial charge in [-0.25, -0.2) is 0 Å². The third-order valence-corrected chi connectivity index (χ3v) is 4.42. The van der Waals surface area contributed by atoms with Gasteiger partial charge in [0.1, 0.15) is 0 Å². The lowest BCUT2D eigenvalue weighted by atomic mass is 9.85. The minimum Gasteiger partial charge on any atom is -0.313 e. The molecule has 1 aliphatic heterocycles. The van der Waals surface area contributed by atoms with Gasteiger partial charge in [-0.3, -0.25) is 0 Å². The Kier molecular flexibility index (Phi) is 4.66. The zero-order valence-electron chi connectivity index (χ0n) is 11.0. The predicted octanol–water partition coefficient (Wildman–Crippen LogP) is 2.50. The number of piperidine rings is 1. The zero-order valence-corrected chi connectivity index (χ0v) is 11.0. The highest BCUT2D eigenvalue weighted by atomic mass is 15.1. The SMILES string of the molecule is CCN(CC1CCC1)CC1CC(C)CCN1. The van der Waals surface area contributed by atoms with Crippen molar-refractivity contribution in [1.29, 1.82) is 0 Å². The van der Waals surface area contributed by atoms with Gasteiger partial charge in [0.25, 0.3) is 0 Å². The van der Waals surface area contributed by atoms with Crippen molar-refractivity contribution in [1.82, 2.24) is 10.2 Å². The largest absolute Gasteiger partial charge is 0.313 e. The normalized spacial score (nSPS) is 31.7. The molecule has 0 amide bonds. The van der Waals surface area contributed by atoms with Crippen molar-refractivity contribution in [3.8, 4) is 0 Å². The first-order chi connectivity index (χ1) is 7.78. The van der Waals surface area contributed by atoms with E-state index in [1.54, 1.807) is 0 Å². The quantitative estimate of drug-likeness (QED) is 0.772. The second kappa shape index (κ2) is 6.02. The second-order valence-electron chi connectivity index (χ2n) is 5.93. The lowest BCUT2D eigenvalue weighted by Crippen LogP contribution is -2.47. The summed E-state index contributed by atoms with van der Waals surface area (Å²) in [6.07, 6.45) is 7.17. The van der Waals surface area contributed by atoms with Crippen LogP contribution in [0.25, 0.3) is 0 Å². The van der Waals surface area contributed by atoms with Gasteiger partial charge in [-0.15, -0.1) is 0 Å². The summed E-state index contributed by atoms with van der Waals surface area (Å²) in [4.78, 5) is 2.67. The monoisotopic (exact) mass is 224 g/mol. The Morgan fingerprint density at radius 1 is 1.19 bits per heavy atom. The Bertz CT molecular complexity index is 201. The highest BCUT2D eigenvalue weighted by Crippen LogP contribution is 2.27. The van der Waals surface area contributed by atoms with Crippen LogP contribution in [0.5, 0.6) is 0 Å². The summed E-state index contributed by atoms with van der Waals surface area (Å²) >= 11 is 0. The minimum atomic E-state index is 0.753. The molecule has 2 unspecified atom stereocenters. The Balaban J connectivity index is 1.71. The first kappa shape index (κ1) is 12.4. The van der Waals surface area contributed by atoms with Crippen molar-refractivity contribution in [2.75, 3.05) is 26.2 Å². The Hall–Kier alpha value is -0.0800. The fraction of sp³-hybridized carbons (Fsp3) is 1.00. The molecule has 0 aromatic heterocycles. The Labute approximate surface area is 101 Å². The first-order valence-corrected chi connectivity index (χ1v) is 7.23. The fourth-order valence-corrected chi connectivity index (χ4v) is 3.04.